The average molecular weight is 490 g/mol. The molecule has 4 unspecified atom stereocenters. The first-order chi connectivity index (χ1) is 16.6. The topological polar surface area (TPSA) is 52.7 Å². The third-order valence-corrected chi connectivity index (χ3v) is 9.21. The van der Waals surface area contributed by atoms with Crippen LogP contribution < -0.4 is 4.74 Å². The van der Waals surface area contributed by atoms with Crippen LogP contribution in [-0.2, 0) is 25.5 Å². The fraction of sp³-hybridized carbons (Fsp3) is 0.793. The van der Waals surface area contributed by atoms with E-state index in [4.69, 9.17) is 23.8 Å². The van der Waals surface area contributed by atoms with Gasteiger partial charge in [0, 0.05) is 23.3 Å². The number of piperidine rings is 1. The molecular weight excluding hydrogens is 442 g/mol. The SMILES string of the molecule is CCC1(C)COC2(CC(C)(CC)N(OCCc3ccc(OCC4CO4)cc3)C(C)(CC)C2C)OC1. The molecule has 1 aromatic rings. The molecule has 1 spiro atoms. The van der Waals surface area contributed by atoms with E-state index in [0.29, 0.717) is 13.2 Å². The van der Waals surface area contributed by atoms with Gasteiger partial charge in [-0.3, -0.25) is 4.84 Å². The van der Waals surface area contributed by atoms with Gasteiger partial charge in [0.25, 0.3) is 0 Å². The molecule has 198 valence electrons. The summed E-state index contributed by atoms with van der Waals surface area (Å²) in [6.45, 7) is 19.5. The Morgan fingerprint density at radius 2 is 1.63 bits per heavy atom. The summed E-state index contributed by atoms with van der Waals surface area (Å²) in [7, 11) is 0. The Bertz CT molecular complexity index is 832. The van der Waals surface area contributed by atoms with E-state index >= 15 is 0 Å². The Kier molecular flexibility index (Phi) is 7.90. The van der Waals surface area contributed by atoms with E-state index in [1.807, 2.05) is 12.1 Å². The molecular formula is C29H47NO5. The van der Waals surface area contributed by atoms with E-state index in [-0.39, 0.29) is 28.5 Å². The van der Waals surface area contributed by atoms with Crippen LogP contribution in [0.4, 0.5) is 0 Å². The third-order valence-electron chi connectivity index (χ3n) is 9.21. The van der Waals surface area contributed by atoms with Gasteiger partial charge in [-0.25, -0.2) is 0 Å². The molecule has 0 saturated carbocycles. The molecule has 6 nitrogen and oxygen atoms in total. The third kappa shape index (κ3) is 5.42. The second-order valence-corrected chi connectivity index (χ2v) is 11.8. The number of benzene rings is 1. The molecule has 3 fully saturated rings. The molecule has 4 rings (SSSR count). The fourth-order valence-electron chi connectivity index (χ4n) is 5.64. The molecule has 3 aliphatic heterocycles. The van der Waals surface area contributed by atoms with E-state index in [1.54, 1.807) is 0 Å². The van der Waals surface area contributed by atoms with Crippen LogP contribution >= 0.6 is 0 Å². The number of ether oxygens (including phenoxy) is 4. The Balaban J connectivity index is 1.43. The van der Waals surface area contributed by atoms with Crippen LogP contribution in [0.1, 0.15) is 79.7 Å². The monoisotopic (exact) mass is 489 g/mol. The van der Waals surface area contributed by atoms with Gasteiger partial charge in [0.15, 0.2) is 5.79 Å². The first-order valence-electron chi connectivity index (χ1n) is 13.7. The van der Waals surface area contributed by atoms with Crippen molar-refractivity contribution < 1.29 is 23.8 Å². The lowest BCUT2D eigenvalue weighted by atomic mass is 9.67. The second-order valence-electron chi connectivity index (χ2n) is 11.8. The molecule has 3 heterocycles. The molecule has 0 aliphatic carbocycles. The fourth-order valence-corrected chi connectivity index (χ4v) is 5.64. The lowest BCUT2D eigenvalue weighted by Gasteiger charge is -2.64. The molecule has 35 heavy (non-hydrogen) atoms. The van der Waals surface area contributed by atoms with Crippen LogP contribution in [0.3, 0.4) is 0 Å². The first-order valence-corrected chi connectivity index (χ1v) is 13.7. The van der Waals surface area contributed by atoms with Crippen LogP contribution in [-0.4, -0.2) is 61.1 Å². The lowest BCUT2D eigenvalue weighted by molar-refractivity contribution is -0.409. The molecule has 4 atom stereocenters. The van der Waals surface area contributed by atoms with Gasteiger partial charge in [0.2, 0.25) is 0 Å². The van der Waals surface area contributed by atoms with Crippen molar-refractivity contribution in [2.45, 2.75) is 104 Å². The van der Waals surface area contributed by atoms with E-state index in [0.717, 1.165) is 57.7 Å². The quantitative estimate of drug-likeness (QED) is 0.389. The Labute approximate surface area is 212 Å². The van der Waals surface area contributed by atoms with Gasteiger partial charge in [-0.1, -0.05) is 46.8 Å². The highest BCUT2D eigenvalue weighted by atomic mass is 16.7. The van der Waals surface area contributed by atoms with E-state index in [9.17, 15) is 0 Å². The number of hydrogen-bond acceptors (Lipinski definition) is 6. The summed E-state index contributed by atoms with van der Waals surface area (Å²) in [6.07, 6.45) is 4.92. The zero-order valence-corrected chi connectivity index (χ0v) is 23.0. The predicted octanol–water partition coefficient (Wildman–Crippen LogP) is 5.78. The number of nitrogens with zero attached hydrogens (tertiary/aromatic N) is 1. The van der Waals surface area contributed by atoms with E-state index < -0.39 is 5.79 Å². The van der Waals surface area contributed by atoms with Crippen LogP contribution in [0.15, 0.2) is 24.3 Å². The highest BCUT2D eigenvalue weighted by Crippen LogP contribution is 2.54. The van der Waals surface area contributed by atoms with Crippen LogP contribution in [0, 0.1) is 11.3 Å². The van der Waals surface area contributed by atoms with Crippen molar-refractivity contribution in [2.75, 3.05) is 33.0 Å². The predicted molar refractivity (Wildman–Crippen MR) is 137 cm³/mol. The highest BCUT2D eigenvalue weighted by molar-refractivity contribution is 5.27. The summed E-state index contributed by atoms with van der Waals surface area (Å²) < 4.78 is 24.3. The zero-order chi connectivity index (χ0) is 25.3. The van der Waals surface area contributed by atoms with Gasteiger partial charge < -0.3 is 18.9 Å². The van der Waals surface area contributed by atoms with Crippen LogP contribution in [0.5, 0.6) is 5.75 Å². The Morgan fingerprint density at radius 1 is 0.971 bits per heavy atom. The summed E-state index contributed by atoms with van der Waals surface area (Å²) in [5, 5.41) is 2.31. The molecule has 0 bridgehead atoms. The Morgan fingerprint density at radius 3 is 2.17 bits per heavy atom. The van der Waals surface area contributed by atoms with Crippen molar-refractivity contribution >= 4 is 0 Å². The van der Waals surface area contributed by atoms with Gasteiger partial charge >= 0.3 is 0 Å². The number of epoxide rings is 1. The molecule has 3 saturated heterocycles. The van der Waals surface area contributed by atoms with E-state index in [1.165, 1.54) is 5.56 Å². The number of hydrogen-bond donors (Lipinski definition) is 0. The smallest absolute Gasteiger partial charge is 0.174 e. The normalized spacial score (nSPS) is 39.6. The molecule has 0 radical (unpaired) electrons. The van der Waals surface area contributed by atoms with E-state index in [2.05, 4.69) is 65.7 Å². The molecule has 0 amide bonds. The largest absolute Gasteiger partial charge is 0.491 e. The van der Waals surface area contributed by atoms with Crippen molar-refractivity contribution in [3.05, 3.63) is 29.8 Å². The van der Waals surface area contributed by atoms with Gasteiger partial charge in [-0.15, -0.1) is 0 Å². The maximum Gasteiger partial charge on any atom is 0.174 e. The summed E-state index contributed by atoms with van der Waals surface area (Å²) >= 11 is 0. The Hall–Kier alpha value is -1.18. The summed E-state index contributed by atoms with van der Waals surface area (Å²) in [6, 6.07) is 8.34. The molecule has 0 aromatic heterocycles. The summed E-state index contributed by atoms with van der Waals surface area (Å²) in [5.41, 5.74) is 0.956. The minimum absolute atomic E-state index is 0.0934. The van der Waals surface area contributed by atoms with Gasteiger partial charge in [0.05, 0.1) is 32.0 Å². The van der Waals surface area contributed by atoms with Gasteiger partial charge in [-0.05, 0) is 57.2 Å². The van der Waals surface area contributed by atoms with Crippen molar-refractivity contribution in [3.63, 3.8) is 0 Å². The highest BCUT2D eigenvalue weighted by Gasteiger charge is 2.63. The summed E-state index contributed by atoms with van der Waals surface area (Å²) in [4.78, 5) is 6.66. The maximum absolute atomic E-state index is 6.67. The zero-order valence-electron chi connectivity index (χ0n) is 23.0. The van der Waals surface area contributed by atoms with Crippen molar-refractivity contribution in [2.24, 2.45) is 11.3 Å². The van der Waals surface area contributed by atoms with Crippen LogP contribution in [0.2, 0.25) is 0 Å². The molecule has 0 N–H and O–H groups in total. The standard InChI is InChI=1S/C29H47NO5/c1-8-26(5)20-33-29(34-21-26)19-27(6,9-2)30(28(7,10-3)22(29)4)35-16-15-23-11-13-24(14-12-23)31-17-25-18-32-25/h11-14,22,25H,8-10,15-21H2,1-7H3. The number of rotatable bonds is 10. The van der Waals surface area contributed by atoms with Gasteiger partial charge in [-0.2, -0.15) is 5.06 Å². The van der Waals surface area contributed by atoms with Crippen molar-refractivity contribution in [1.29, 1.82) is 0 Å². The average Bonchev–Trinajstić information content (AvgIpc) is 3.71. The van der Waals surface area contributed by atoms with Crippen molar-refractivity contribution in [3.8, 4) is 5.75 Å². The minimum Gasteiger partial charge on any atom is -0.491 e. The minimum atomic E-state index is -0.564. The van der Waals surface area contributed by atoms with Gasteiger partial charge in [0.1, 0.15) is 18.5 Å². The molecule has 1 aromatic carbocycles. The number of hydroxylamine groups is 2. The maximum atomic E-state index is 6.67. The second kappa shape index (κ2) is 10.3. The molecule has 3 aliphatic rings. The van der Waals surface area contributed by atoms with Crippen molar-refractivity contribution in [1.82, 2.24) is 5.06 Å². The first kappa shape index (κ1) is 26.9. The summed E-state index contributed by atoms with van der Waals surface area (Å²) in [5.74, 6) is 0.503. The lowest BCUT2D eigenvalue weighted by Crippen LogP contribution is -2.73. The molecule has 6 heteroatoms. The van der Waals surface area contributed by atoms with Crippen LogP contribution in [0.25, 0.3) is 0 Å².